The molecule has 2 aromatic rings. The van der Waals surface area contributed by atoms with Crippen molar-refractivity contribution in [1.29, 1.82) is 0 Å². The van der Waals surface area contributed by atoms with Gasteiger partial charge < -0.3 is 9.09 Å². The molecule has 0 unspecified atom stereocenters. The first kappa shape index (κ1) is 10.1. The van der Waals surface area contributed by atoms with E-state index in [1.165, 1.54) is 6.39 Å². The summed E-state index contributed by atoms with van der Waals surface area (Å²) < 4.78 is 6.48. The average Bonchev–Trinajstić information content (AvgIpc) is 2.84. The molecule has 0 radical (unpaired) electrons. The molecule has 0 aliphatic heterocycles. The Kier molecular flexibility index (Phi) is 2.96. The normalized spacial score (nSPS) is 10.8. The summed E-state index contributed by atoms with van der Waals surface area (Å²) in [5.74, 6) is 1.52. The Hall–Kier alpha value is -1.43. The summed E-state index contributed by atoms with van der Waals surface area (Å²) in [5, 5.41) is 11.9. The van der Waals surface area contributed by atoms with Gasteiger partial charge in [0.15, 0.2) is 5.82 Å². The van der Waals surface area contributed by atoms with Gasteiger partial charge in [-0.15, -0.1) is 10.2 Å². The molecule has 0 atom stereocenters. The van der Waals surface area contributed by atoms with Crippen molar-refractivity contribution in [3.63, 3.8) is 0 Å². The SMILES string of the molecule is CCc1nnc(Cl)n1CCc1ncon1. The molecule has 0 amide bonds. The minimum absolute atomic E-state index is 0.398. The van der Waals surface area contributed by atoms with Crippen LogP contribution >= 0.6 is 11.6 Å². The van der Waals surface area contributed by atoms with Gasteiger partial charge in [-0.05, 0) is 11.6 Å². The summed E-state index contributed by atoms with van der Waals surface area (Å²) in [6.07, 6.45) is 2.76. The van der Waals surface area contributed by atoms with Crippen molar-refractivity contribution in [3.05, 3.63) is 23.3 Å². The second kappa shape index (κ2) is 4.39. The number of rotatable bonds is 4. The van der Waals surface area contributed by atoms with Crippen LogP contribution in [0, 0.1) is 0 Å². The lowest BCUT2D eigenvalue weighted by Gasteiger charge is -2.03. The van der Waals surface area contributed by atoms with Crippen molar-refractivity contribution in [2.24, 2.45) is 0 Å². The third-order valence-corrected chi connectivity index (χ3v) is 2.34. The predicted molar refractivity (Wildman–Crippen MR) is 52.4 cm³/mol. The monoisotopic (exact) mass is 227 g/mol. The zero-order valence-corrected chi connectivity index (χ0v) is 8.98. The van der Waals surface area contributed by atoms with Gasteiger partial charge in [0.1, 0.15) is 5.82 Å². The van der Waals surface area contributed by atoms with Crippen LogP contribution < -0.4 is 0 Å². The van der Waals surface area contributed by atoms with Gasteiger partial charge in [0.2, 0.25) is 11.7 Å². The van der Waals surface area contributed by atoms with Gasteiger partial charge in [-0.3, -0.25) is 0 Å². The zero-order valence-electron chi connectivity index (χ0n) is 8.22. The van der Waals surface area contributed by atoms with Gasteiger partial charge in [0.25, 0.3) is 0 Å². The molecule has 0 saturated heterocycles. The van der Waals surface area contributed by atoms with E-state index < -0.39 is 0 Å². The topological polar surface area (TPSA) is 69.6 Å². The van der Waals surface area contributed by atoms with E-state index in [-0.39, 0.29) is 0 Å². The van der Waals surface area contributed by atoms with Gasteiger partial charge >= 0.3 is 0 Å². The molecule has 2 aromatic heterocycles. The minimum atomic E-state index is 0.398. The van der Waals surface area contributed by atoms with E-state index in [0.717, 1.165) is 12.2 Å². The molecule has 0 bridgehead atoms. The number of halogens is 1. The Morgan fingerprint density at radius 3 is 3.00 bits per heavy atom. The number of aryl methyl sites for hydroxylation is 2. The fourth-order valence-corrected chi connectivity index (χ4v) is 1.53. The highest BCUT2D eigenvalue weighted by Crippen LogP contribution is 2.09. The largest absolute Gasteiger partial charge is 0.343 e. The first-order valence-corrected chi connectivity index (χ1v) is 5.02. The molecule has 0 N–H and O–H groups in total. The smallest absolute Gasteiger partial charge is 0.225 e. The molecule has 2 rings (SSSR count). The van der Waals surface area contributed by atoms with Crippen molar-refractivity contribution in [2.45, 2.75) is 26.3 Å². The van der Waals surface area contributed by atoms with Crippen LogP contribution in [0.15, 0.2) is 10.9 Å². The molecular weight excluding hydrogens is 218 g/mol. The summed E-state index contributed by atoms with van der Waals surface area (Å²) in [7, 11) is 0. The maximum Gasteiger partial charge on any atom is 0.225 e. The summed E-state index contributed by atoms with van der Waals surface area (Å²) in [4.78, 5) is 3.93. The fourth-order valence-electron chi connectivity index (χ4n) is 1.31. The number of hydrogen-bond acceptors (Lipinski definition) is 5. The molecule has 2 heterocycles. The molecular formula is C8H10ClN5O. The van der Waals surface area contributed by atoms with E-state index in [0.29, 0.717) is 24.1 Å². The van der Waals surface area contributed by atoms with E-state index >= 15 is 0 Å². The molecule has 7 heteroatoms. The summed E-state index contributed by atoms with van der Waals surface area (Å²) >= 11 is 5.89. The van der Waals surface area contributed by atoms with Crippen LogP contribution in [0.5, 0.6) is 0 Å². The predicted octanol–water partition coefficient (Wildman–Crippen LogP) is 1.12. The molecule has 80 valence electrons. The highest BCUT2D eigenvalue weighted by atomic mass is 35.5. The zero-order chi connectivity index (χ0) is 10.7. The first-order chi connectivity index (χ1) is 7.31. The Bertz CT molecular complexity index is 424. The first-order valence-electron chi connectivity index (χ1n) is 4.64. The second-order valence-corrected chi connectivity index (χ2v) is 3.33. The van der Waals surface area contributed by atoms with E-state index in [1.54, 1.807) is 0 Å². The number of nitrogens with zero attached hydrogens (tertiary/aromatic N) is 5. The molecule has 0 aromatic carbocycles. The molecule has 0 aliphatic rings. The van der Waals surface area contributed by atoms with Crippen molar-refractivity contribution in [3.8, 4) is 0 Å². The van der Waals surface area contributed by atoms with Crippen molar-refractivity contribution < 1.29 is 4.52 Å². The highest BCUT2D eigenvalue weighted by Gasteiger charge is 2.09. The van der Waals surface area contributed by atoms with Gasteiger partial charge in [0, 0.05) is 19.4 Å². The van der Waals surface area contributed by atoms with Crippen molar-refractivity contribution in [2.75, 3.05) is 0 Å². The van der Waals surface area contributed by atoms with E-state index in [9.17, 15) is 0 Å². The summed E-state index contributed by atoms with van der Waals surface area (Å²) in [6.45, 7) is 2.67. The highest BCUT2D eigenvalue weighted by molar-refractivity contribution is 6.28. The van der Waals surface area contributed by atoms with Crippen LogP contribution in [-0.2, 0) is 19.4 Å². The van der Waals surface area contributed by atoms with E-state index in [1.807, 2.05) is 11.5 Å². The lowest BCUT2D eigenvalue weighted by atomic mass is 10.4. The Balaban J connectivity index is 2.07. The van der Waals surface area contributed by atoms with Crippen LogP contribution in [0.4, 0.5) is 0 Å². The summed E-state index contributed by atoms with van der Waals surface area (Å²) in [6, 6.07) is 0. The van der Waals surface area contributed by atoms with Crippen LogP contribution in [-0.4, -0.2) is 24.9 Å². The number of aromatic nitrogens is 5. The van der Waals surface area contributed by atoms with Gasteiger partial charge in [0.05, 0.1) is 0 Å². The second-order valence-electron chi connectivity index (χ2n) is 2.99. The lowest BCUT2D eigenvalue weighted by molar-refractivity contribution is 0.408. The molecule has 0 aliphatic carbocycles. The van der Waals surface area contributed by atoms with Crippen LogP contribution in [0.3, 0.4) is 0 Å². The molecule has 6 nitrogen and oxygen atoms in total. The third-order valence-electron chi connectivity index (χ3n) is 2.06. The minimum Gasteiger partial charge on any atom is -0.343 e. The van der Waals surface area contributed by atoms with Crippen molar-refractivity contribution in [1.82, 2.24) is 24.9 Å². The quantitative estimate of drug-likeness (QED) is 0.783. The fraction of sp³-hybridized carbons (Fsp3) is 0.500. The summed E-state index contributed by atoms with van der Waals surface area (Å²) in [5.41, 5.74) is 0. The van der Waals surface area contributed by atoms with Crippen LogP contribution in [0.2, 0.25) is 5.28 Å². The Morgan fingerprint density at radius 2 is 2.33 bits per heavy atom. The third kappa shape index (κ3) is 2.15. The van der Waals surface area contributed by atoms with Crippen molar-refractivity contribution >= 4 is 11.6 Å². The molecule has 0 saturated carbocycles. The number of hydrogen-bond donors (Lipinski definition) is 0. The lowest BCUT2D eigenvalue weighted by Crippen LogP contribution is -2.06. The average molecular weight is 228 g/mol. The Morgan fingerprint density at radius 1 is 1.47 bits per heavy atom. The molecule has 0 spiro atoms. The Labute approximate surface area is 91.3 Å². The van der Waals surface area contributed by atoms with E-state index in [2.05, 4.69) is 24.9 Å². The van der Waals surface area contributed by atoms with Gasteiger partial charge in [-0.25, -0.2) is 0 Å². The van der Waals surface area contributed by atoms with Crippen LogP contribution in [0.1, 0.15) is 18.6 Å². The maximum absolute atomic E-state index is 5.89. The molecule has 0 fully saturated rings. The van der Waals surface area contributed by atoms with Crippen LogP contribution in [0.25, 0.3) is 0 Å². The van der Waals surface area contributed by atoms with E-state index in [4.69, 9.17) is 11.6 Å². The van der Waals surface area contributed by atoms with Gasteiger partial charge in [-0.2, -0.15) is 4.98 Å². The molecule has 15 heavy (non-hydrogen) atoms. The standard InChI is InChI=1S/C8H10ClN5O/c1-2-7-11-12-8(9)14(7)4-3-6-10-5-15-13-6/h5H,2-4H2,1H3. The van der Waals surface area contributed by atoms with Gasteiger partial charge in [-0.1, -0.05) is 12.1 Å². The maximum atomic E-state index is 5.89.